The van der Waals surface area contributed by atoms with Gasteiger partial charge in [-0.05, 0) is 23.8 Å². The quantitative estimate of drug-likeness (QED) is 0.824. The minimum absolute atomic E-state index is 0.0757. The number of hydrogen-bond acceptors (Lipinski definition) is 4. The molecule has 0 radical (unpaired) electrons. The Kier molecular flexibility index (Phi) is 4.24. The van der Waals surface area contributed by atoms with E-state index in [0.29, 0.717) is 0 Å². The third kappa shape index (κ3) is 3.53. The first kappa shape index (κ1) is 13.5. The minimum atomic E-state index is -1.12. The highest BCUT2D eigenvalue weighted by Gasteiger charge is 2.21. The number of aliphatic carboxylic acids is 1. The fourth-order valence-electron chi connectivity index (χ4n) is 1.59. The summed E-state index contributed by atoms with van der Waals surface area (Å²) in [5.41, 5.74) is 0.822. The molecular weight excluding hydrogens is 258 g/mol. The lowest BCUT2D eigenvalue weighted by Crippen LogP contribution is -2.42. The van der Waals surface area contributed by atoms with Crippen molar-refractivity contribution in [3.8, 4) is 0 Å². The van der Waals surface area contributed by atoms with Crippen molar-refractivity contribution in [1.29, 1.82) is 0 Å². The normalized spacial score (nSPS) is 11.2. The smallest absolute Gasteiger partial charge is 0.326 e. The van der Waals surface area contributed by atoms with Crippen LogP contribution in [-0.4, -0.2) is 33.0 Å². The zero-order chi connectivity index (χ0) is 14.4. The number of carbonyl (C=O) groups excluding carboxylic acids is 1. The van der Waals surface area contributed by atoms with Crippen LogP contribution in [0.2, 0.25) is 0 Å². The van der Waals surface area contributed by atoms with Crippen molar-refractivity contribution >= 4 is 11.9 Å². The first-order chi connectivity index (χ1) is 9.66. The van der Waals surface area contributed by atoms with Crippen molar-refractivity contribution in [3.63, 3.8) is 0 Å². The second-order valence-electron chi connectivity index (χ2n) is 4.00. The van der Waals surface area contributed by atoms with Crippen LogP contribution < -0.4 is 5.32 Å². The van der Waals surface area contributed by atoms with E-state index in [1.54, 1.807) is 18.2 Å². The second-order valence-corrected chi connectivity index (χ2v) is 4.00. The average molecular weight is 269 g/mol. The van der Waals surface area contributed by atoms with Gasteiger partial charge in [0.25, 0.3) is 5.91 Å². The molecule has 0 spiro atoms. The van der Waals surface area contributed by atoms with Gasteiger partial charge in [0, 0.05) is 18.8 Å². The summed E-state index contributed by atoms with van der Waals surface area (Å²) in [6.45, 7) is 0. The van der Waals surface area contributed by atoms with Gasteiger partial charge in [0.2, 0.25) is 0 Å². The molecule has 20 heavy (non-hydrogen) atoms. The van der Waals surface area contributed by atoms with Gasteiger partial charge >= 0.3 is 5.97 Å². The first-order valence-electron chi connectivity index (χ1n) is 5.83. The van der Waals surface area contributed by atoms with Gasteiger partial charge in [-0.3, -0.25) is 9.78 Å². The molecule has 0 aliphatic carbocycles. The molecule has 0 aliphatic heterocycles. The highest BCUT2D eigenvalue weighted by Crippen LogP contribution is 2.02. The summed E-state index contributed by atoms with van der Waals surface area (Å²) in [6.07, 6.45) is 4.24. The average Bonchev–Trinajstić information content (AvgIpc) is 2.48. The van der Waals surface area contributed by atoms with Crippen LogP contribution in [0.3, 0.4) is 0 Å². The molecule has 2 rings (SSSR count). The van der Waals surface area contributed by atoms with Crippen molar-refractivity contribution in [2.45, 2.75) is 12.5 Å². The predicted molar refractivity (Wildman–Crippen MR) is 68.7 cm³/mol. The van der Waals surface area contributed by atoms with Gasteiger partial charge in [-0.2, -0.15) is 0 Å². The third-order valence-electron chi connectivity index (χ3n) is 2.56. The summed E-state index contributed by atoms with van der Waals surface area (Å²) in [7, 11) is 0. The Morgan fingerprint density at radius 3 is 2.80 bits per heavy atom. The van der Waals surface area contributed by atoms with Gasteiger partial charge < -0.3 is 10.4 Å². The molecular formula is C14H11N3O3. The third-order valence-corrected chi connectivity index (χ3v) is 2.56. The Balaban J connectivity index is 2.07. The van der Waals surface area contributed by atoms with Gasteiger partial charge in [0.05, 0.1) is 6.20 Å². The van der Waals surface area contributed by atoms with Crippen molar-refractivity contribution < 1.29 is 14.7 Å². The molecule has 0 saturated heterocycles. The highest BCUT2D eigenvalue weighted by molar-refractivity contribution is 5.94. The molecule has 0 bridgehead atoms. The molecule has 6 heteroatoms. The van der Waals surface area contributed by atoms with Gasteiger partial charge in [-0.1, -0.05) is 12.1 Å². The lowest BCUT2D eigenvalue weighted by molar-refractivity contribution is -0.139. The maximum Gasteiger partial charge on any atom is 0.326 e. The number of carboxylic acids is 1. The standard InChI is InChI=1S/C14H11N3O3/c18-13(12-9-15-6-7-16-12)17-11(14(19)20)8-10-4-2-1-3-5-10/h2,4-7,9,11H,8H2,(H,17,18)(H,19,20)/t11-/m0/s1. The first-order valence-corrected chi connectivity index (χ1v) is 5.83. The fourth-order valence-corrected chi connectivity index (χ4v) is 1.59. The van der Waals surface area contributed by atoms with Crippen LogP contribution in [0.4, 0.5) is 0 Å². The lowest BCUT2D eigenvalue weighted by Gasteiger charge is -2.13. The van der Waals surface area contributed by atoms with Crippen molar-refractivity contribution in [2.75, 3.05) is 0 Å². The van der Waals surface area contributed by atoms with E-state index in [4.69, 9.17) is 5.11 Å². The number of carbonyl (C=O) groups is 2. The summed E-state index contributed by atoms with van der Waals surface area (Å²) in [4.78, 5) is 30.6. The minimum Gasteiger partial charge on any atom is -0.480 e. The molecule has 1 aromatic carbocycles. The summed E-state index contributed by atoms with van der Waals surface area (Å²) in [5.74, 6) is -1.69. The Labute approximate surface area is 115 Å². The zero-order valence-electron chi connectivity index (χ0n) is 10.4. The van der Waals surface area contributed by atoms with Gasteiger partial charge in [0.15, 0.2) is 0 Å². The monoisotopic (exact) mass is 269 g/mol. The van der Waals surface area contributed by atoms with E-state index in [-0.39, 0.29) is 12.1 Å². The topological polar surface area (TPSA) is 92.2 Å². The maximum atomic E-state index is 11.9. The highest BCUT2D eigenvalue weighted by atomic mass is 16.4. The molecule has 1 heterocycles. The molecule has 6 nitrogen and oxygen atoms in total. The van der Waals surface area contributed by atoms with Crippen LogP contribution >= 0.6 is 0 Å². The summed E-state index contributed by atoms with van der Waals surface area (Å²) in [6, 6.07) is 9.41. The number of amides is 1. The molecule has 100 valence electrons. The second kappa shape index (κ2) is 6.29. The van der Waals surface area contributed by atoms with Crippen LogP contribution in [0.25, 0.3) is 0 Å². The number of aromatic nitrogens is 2. The summed E-state index contributed by atoms with van der Waals surface area (Å²) in [5, 5.41) is 11.6. The van der Waals surface area contributed by atoms with Gasteiger partial charge in [0.1, 0.15) is 11.7 Å². The molecule has 0 fully saturated rings. The van der Waals surface area contributed by atoms with E-state index < -0.39 is 17.9 Å². The van der Waals surface area contributed by atoms with Crippen LogP contribution in [0.1, 0.15) is 16.1 Å². The Hall–Kier alpha value is -2.94. The molecule has 0 unspecified atom stereocenters. The van der Waals surface area contributed by atoms with Crippen molar-refractivity contribution in [3.05, 3.63) is 60.2 Å². The van der Waals surface area contributed by atoms with E-state index in [1.165, 1.54) is 18.6 Å². The maximum absolute atomic E-state index is 11.9. The molecule has 2 N–H and O–H groups in total. The molecule has 1 atom stereocenters. The van der Waals surface area contributed by atoms with Crippen LogP contribution in [0.15, 0.2) is 36.8 Å². The Morgan fingerprint density at radius 1 is 1.35 bits per heavy atom. The number of carboxylic acid groups (broad SMARTS) is 1. The molecule has 0 aliphatic rings. The molecule has 1 amide bonds. The molecule has 1 aromatic heterocycles. The van der Waals surface area contributed by atoms with Gasteiger partial charge in [-0.15, -0.1) is 0 Å². The molecule has 2 aromatic rings. The predicted octanol–water partition coefficient (Wildman–Crippen LogP) is 0.503. The largest absolute Gasteiger partial charge is 0.480 e. The zero-order valence-corrected chi connectivity index (χ0v) is 10.4. The van der Waals surface area contributed by atoms with E-state index in [9.17, 15) is 9.59 Å². The Bertz CT molecular complexity index is 587. The van der Waals surface area contributed by atoms with Gasteiger partial charge in [-0.25, -0.2) is 9.78 Å². The Morgan fingerprint density at radius 2 is 2.20 bits per heavy atom. The van der Waals surface area contributed by atoms with Crippen molar-refractivity contribution in [1.82, 2.24) is 15.3 Å². The SMILES string of the molecule is O=C(N[C@@H](Cc1cc#ccc1)C(=O)O)c1cnccn1. The lowest BCUT2D eigenvalue weighted by atomic mass is 10.1. The summed E-state index contributed by atoms with van der Waals surface area (Å²) >= 11 is 0. The molecule has 0 saturated carbocycles. The van der Waals surface area contributed by atoms with E-state index in [0.717, 1.165) is 5.56 Å². The van der Waals surface area contributed by atoms with Crippen molar-refractivity contribution in [2.24, 2.45) is 0 Å². The van der Waals surface area contributed by atoms with Crippen LogP contribution in [-0.2, 0) is 11.2 Å². The fraction of sp³-hybridized carbons (Fsp3) is 0.143. The summed E-state index contributed by atoms with van der Waals surface area (Å²) < 4.78 is 0. The number of nitrogens with zero attached hydrogens (tertiary/aromatic N) is 2. The van der Waals surface area contributed by atoms with E-state index >= 15 is 0 Å². The van der Waals surface area contributed by atoms with Crippen LogP contribution in [0.5, 0.6) is 0 Å². The van der Waals surface area contributed by atoms with E-state index in [2.05, 4.69) is 27.4 Å². The van der Waals surface area contributed by atoms with E-state index in [1.807, 2.05) is 0 Å². The number of rotatable bonds is 5. The van der Waals surface area contributed by atoms with Crippen LogP contribution in [0, 0.1) is 12.1 Å². The number of hydrogen-bond donors (Lipinski definition) is 2. The number of nitrogens with one attached hydrogen (secondary N) is 1.